The van der Waals surface area contributed by atoms with E-state index in [1.807, 2.05) is 0 Å². The van der Waals surface area contributed by atoms with Crippen LogP contribution in [0.1, 0.15) is 12.8 Å². The molecule has 2 N–H and O–H groups in total. The molecular weight excluding hydrogens is 225 g/mol. The molecule has 0 unspecified atom stereocenters. The van der Waals surface area contributed by atoms with Gasteiger partial charge in [-0.2, -0.15) is 0 Å². The number of aliphatic carboxylic acids is 2. The molecular formula is C8H12O4Zn. The van der Waals surface area contributed by atoms with Crippen molar-refractivity contribution in [3.05, 3.63) is 25.3 Å². The first kappa shape index (κ1) is 18.0. The molecule has 0 aromatic carbocycles. The average Bonchev–Trinajstić information content (AvgIpc) is 1.87. The van der Waals surface area contributed by atoms with Crippen molar-refractivity contribution in [1.82, 2.24) is 0 Å². The van der Waals surface area contributed by atoms with Gasteiger partial charge in [0.15, 0.2) is 0 Å². The van der Waals surface area contributed by atoms with Gasteiger partial charge in [-0.3, -0.25) is 9.59 Å². The summed E-state index contributed by atoms with van der Waals surface area (Å²) in [5.74, 6) is -1.66. The van der Waals surface area contributed by atoms with E-state index in [1.165, 1.54) is 12.2 Å². The molecule has 0 amide bonds. The Bertz CT molecular complexity index is 157. The summed E-state index contributed by atoms with van der Waals surface area (Å²) in [6.45, 7) is 6.44. The van der Waals surface area contributed by atoms with Crippen LogP contribution < -0.4 is 0 Å². The maximum Gasteiger partial charge on any atom is 0.307 e. The van der Waals surface area contributed by atoms with Crippen molar-refractivity contribution in [2.45, 2.75) is 12.8 Å². The number of hydrogen-bond acceptors (Lipinski definition) is 2. The van der Waals surface area contributed by atoms with Crippen LogP contribution in [0.3, 0.4) is 0 Å². The van der Waals surface area contributed by atoms with Crippen LogP contribution in [0.5, 0.6) is 0 Å². The topological polar surface area (TPSA) is 74.6 Å². The van der Waals surface area contributed by atoms with Crippen LogP contribution in [0.15, 0.2) is 25.3 Å². The predicted octanol–water partition coefficient (Wildman–Crippen LogP) is 1.29. The maximum atomic E-state index is 9.53. The van der Waals surface area contributed by atoms with Gasteiger partial charge in [0.05, 0.1) is 12.8 Å². The van der Waals surface area contributed by atoms with Crippen LogP contribution in [0.2, 0.25) is 0 Å². The van der Waals surface area contributed by atoms with Gasteiger partial charge in [-0.15, -0.1) is 13.2 Å². The first-order valence-electron chi connectivity index (χ1n) is 3.20. The third-order valence-electron chi connectivity index (χ3n) is 0.638. The molecule has 13 heavy (non-hydrogen) atoms. The number of rotatable bonds is 4. The second-order valence-corrected chi connectivity index (χ2v) is 1.77. The molecule has 70 valence electrons. The van der Waals surface area contributed by atoms with Gasteiger partial charge in [0.2, 0.25) is 0 Å². The fourth-order valence-electron chi connectivity index (χ4n) is 0.247. The summed E-state index contributed by atoms with van der Waals surface area (Å²) >= 11 is 0. The number of hydrogen-bond donors (Lipinski definition) is 2. The summed E-state index contributed by atoms with van der Waals surface area (Å²) < 4.78 is 0. The summed E-state index contributed by atoms with van der Waals surface area (Å²) in [5, 5.41) is 15.7. The fraction of sp³-hybridized carbons (Fsp3) is 0.250. The Kier molecular flexibility index (Phi) is 18.8. The van der Waals surface area contributed by atoms with E-state index in [9.17, 15) is 9.59 Å². The molecule has 0 spiro atoms. The number of carboxylic acid groups (broad SMARTS) is 2. The van der Waals surface area contributed by atoms with E-state index in [1.54, 1.807) is 0 Å². The van der Waals surface area contributed by atoms with Crippen LogP contribution in [0.4, 0.5) is 0 Å². The van der Waals surface area contributed by atoms with Gasteiger partial charge in [-0.05, 0) is 0 Å². The molecule has 0 aliphatic heterocycles. The Hall–Kier alpha value is -0.957. The zero-order chi connectivity index (χ0) is 9.98. The molecule has 4 nitrogen and oxygen atoms in total. The molecule has 5 heteroatoms. The minimum atomic E-state index is -0.829. The Morgan fingerprint density at radius 1 is 1.00 bits per heavy atom. The zero-order valence-corrected chi connectivity index (χ0v) is 10.4. The Morgan fingerprint density at radius 2 is 1.23 bits per heavy atom. The maximum absolute atomic E-state index is 9.53. The molecule has 0 radical (unpaired) electrons. The van der Waals surface area contributed by atoms with E-state index in [-0.39, 0.29) is 32.3 Å². The third kappa shape index (κ3) is 35.5. The molecule has 0 aromatic heterocycles. The first-order chi connectivity index (χ1) is 5.54. The van der Waals surface area contributed by atoms with Crippen LogP contribution >= 0.6 is 0 Å². The van der Waals surface area contributed by atoms with Gasteiger partial charge in [0.1, 0.15) is 0 Å². The number of carboxylic acids is 2. The summed E-state index contributed by atoms with van der Waals surface area (Å²) in [6.07, 6.45) is 2.81. The van der Waals surface area contributed by atoms with Crippen LogP contribution in [-0.2, 0) is 29.1 Å². The van der Waals surface area contributed by atoms with Crippen molar-refractivity contribution in [3.63, 3.8) is 0 Å². The quantitative estimate of drug-likeness (QED) is 0.571. The third-order valence-corrected chi connectivity index (χ3v) is 0.638. The minimum Gasteiger partial charge on any atom is -0.481 e. The molecule has 0 saturated carbocycles. The standard InChI is InChI=1S/2C4H6O2.Zn/c2*1-2-3-4(5)6;/h2*2H,1,3H2,(H,5,6);. The average molecular weight is 238 g/mol. The molecule has 0 aromatic rings. The molecule has 0 saturated heterocycles. The van der Waals surface area contributed by atoms with Crippen molar-refractivity contribution in [1.29, 1.82) is 0 Å². The fourth-order valence-corrected chi connectivity index (χ4v) is 0.247. The van der Waals surface area contributed by atoms with Gasteiger partial charge >= 0.3 is 11.9 Å². The van der Waals surface area contributed by atoms with Crippen LogP contribution in [-0.4, -0.2) is 22.2 Å². The van der Waals surface area contributed by atoms with Crippen molar-refractivity contribution in [2.75, 3.05) is 0 Å². The molecule has 0 aliphatic rings. The second-order valence-electron chi connectivity index (χ2n) is 1.77. The Labute approximate surface area is 89.7 Å². The molecule has 0 heterocycles. The Balaban J connectivity index is -0.000000143. The minimum absolute atomic E-state index is 0. The van der Waals surface area contributed by atoms with Crippen LogP contribution in [0.25, 0.3) is 0 Å². The van der Waals surface area contributed by atoms with Crippen molar-refractivity contribution >= 4 is 11.9 Å². The Morgan fingerprint density at radius 3 is 1.23 bits per heavy atom. The summed E-state index contributed by atoms with van der Waals surface area (Å²) in [5.41, 5.74) is 0. The van der Waals surface area contributed by atoms with Gasteiger partial charge in [-0.1, -0.05) is 12.2 Å². The summed E-state index contributed by atoms with van der Waals surface area (Å²) in [4.78, 5) is 19.1. The van der Waals surface area contributed by atoms with Crippen molar-refractivity contribution in [2.24, 2.45) is 0 Å². The molecule has 0 bridgehead atoms. The molecule has 0 aliphatic carbocycles. The SMILES string of the molecule is C=CCC(=O)O.C=CCC(=O)O.[Zn]. The van der Waals surface area contributed by atoms with E-state index in [0.29, 0.717) is 0 Å². The van der Waals surface area contributed by atoms with E-state index in [0.717, 1.165) is 0 Å². The zero-order valence-electron chi connectivity index (χ0n) is 7.40. The summed E-state index contributed by atoms with van der Waals surface area (Å²) in [7, 11) is 0. The van der Waals surface area contributed by atoms with Crippen LogP contribution in [0, 0.1) is 0 Å². The molecule has 0 rings (SSSR count). The summed E-state index contributed by atoms with van der Waals surface area (Å²) in [6, 6.07) is 0. The first-order valence-corrected chi connectivity index (χ1v) is 3.20. The van der Waals surface area contributed by atoms with Gasteiger partial charge in [0.25, 0.3) is 0 Å². The second kappa shape index (κ2) is 13.6. The van der Waals surface area contributed by atoms with Crippen molar-refractivity contribution < 1.29 is 39.3 Å². The van der Waals surface area contributed by atoms with E-state index in [2.05, 4.69) is 13.2 Å². The molecule has 0 atom stereocenters. The van der Waals surface area contributed by atoms with Crippen molar-refractivity contribution in [3.8, 4) is 0 Å². The largest absolute Gasteiger partial charge is 0.481 e. The number of carbonyl (C=O) groups is 2. The molecule has 0 fully saturated rings. The predicted molar refractivity (Wildman–Crippen MR) is 44.9 cm³/mol. The van der Waals surface area contributed by atoms with Gasteiger partial charge < -0.3 is 10.2 Å². The van der Waals surface area contributed by atoms with E-state index < -0.39 is 11.9 Å². The normalized spacial score (nSPS) is 6.77. The monoisotopic (exact) mass is 236 g/mol. The smallest absolute Gasteiger partial charge is 0.307 e. The van der Waals surface area contributed by atoms with Gasteiger partial charge in [0, 0.05) is 19.5 Å². The van der Waals surface area contributed by atoms with E-state index >= 15 is 0 Å². The van der Waals surface area contributed by atoms with Gasteiger partial charge in [-0.25, -0.2) is 0 Å². The van der Waals surface area contributed by atoms with E-state index in [4.69, 9.17) is 10.2 Å².